The second-order valence-corrected chi connectivity index (χ2v) is 8.67. The molecule has 2 aliphatic heterocycles. The standard InChI is InChI=1S/C19H18O6.C6H8ClN7O.ClH/c1-21-12-5-4-11-6-14-13-8-17(22-2)18(23-3)9-16(13)24-10-19(14,20)25-15(11)7-12;7-2-4(9)13-3(8)1(12-2)5(15)14-6(10)11;/h4-9,20H,10H2,1-3H3;(H4,8,9,13)(H4,10,11,14,15);1H. The van der Waals surface area contributed by atoms with Crippen molar-refractivity contribution in [3.05, 3.63) is 52.3 Å². The first kappa shape index (κ1) is 30.9. The molecule has 0 fully saturated rings. The summed E-state index contributed by atoms with van der Waals surface area (Å²) in [5.74, 6) is -0.163. The molecule has 1 amide bonds. The Kier molecular flexibility index (Phi) is 9.22. The van der Waals surface area contributed by atoms with Gasteiger partial charge in [-0.15, -0.1) is 12.4 Å². The number of halogens is 2. The van der Waals surface area contributed by atoms with Gasteiger partial charge in [0.25, 0.3) is 5.79 Å². The third kappa shape index (κ3) is 6.24. The lowest BCUT2D eigenvalue weighted by Crippen LogP contribution is -2.47. The van der Waals surface area contributed by atoms with Crippen molar-refractivity contribution in [2.75, 3.05) is 39.4 Å². The first-order chi connectivity index (χ1) is 19.0. The van der Waals surface area contributed by atoms with Crippen molar-refractivity contribution in [3.63, 3.8) is 0 Å². The number of fused-ring (bicyclic) bond motifs is 4. The predicted octanol–water partition coefficient (Wildman–Crippen LogP) is 1.86. The molecule has 0 spiro atoms. The Hall–Kier alpha value is -4.66. The fourth-order valence-corrected chi connectivity index (χ4v) is 4.01. The van der Waals surface area contributed by atoms with Gasteiger partial charge in [-0.05, 0) is 24.3 Å². The summed E-state index contributed by atoms with van der Waals surface area (Å²) in [5, 5.41) is 10.9. The molecule has 0 aliphatic carbocycles. The fraction of sp³-hybridized carbons (Fsp3) is 0.200. The lowest BCUT2D eigenvalue weighted by Gasteiger charge is -2.39. The van der Waals surface area contributed by atoms with Crippen LogP contribution >= 0.6 is 24.0 Å². The molecule has 3 aromatic rings. The number of carbonyl (C=O) groups excluding carboxylic acids is 1. The molecule has 0 radical (unpaired) electrons. The highest BCUT2D eigenvalue weighted by Gasteiger charge is 2.44. The number of guanidine groups is 1. The number of ether oxygens (including phenoxy) is 5. The highest BCUT2D eigenvalue weighted by Crippen LogP contribution is 2.49. The molecular weight excluding hydrogens is 581 g/mol. The first-order valence-electron chi connectivity index (χ1n) is 11.4. The maximum absolute atomic E-state index is 11.3. The molecule has 2 aliphatic rings. The van der Waals surface area contributed by atoms with Crippen LogP contribution in [0.1, 0.15) is 21.6 Å². The Labute approximate surface area is 245 Å². The molecule has 41 heavy (non-hydrogen) atoms. The van der Waals surface area contributed by atoms with Crippen LogP contribution < -0.4 is 46.6 Å². The Morgan fingerprint density at radius 1 is 1.02 bits per heavy atom. The van der Waals surface area contributed by atoms with Crippen LogP contribution in [0.25, 0.3) is 11.6 Å². The van der Waals surface area contributed by atoms with E-state index in [1.165, 1.54) is 0 Å². The van der Waals surface area contributed by atoms with E-state index in [-0.39, 0.29) is 41.5 Å². The van der Waals surface area contributed by atoms with Gasteiger partial charge in [-0.3, -0.25) is 4.79 Å². The number of anilines is 2. The van der Waals surface area contributed by atoms with Crippen molar-refractivity contribution in [3.8, 4) is 28.7 Å². The third-order valence-corrected chi connectivity index (χ3v) is 6.04. The second-order valence-electron chi connectivity index (χ2n) is 8.32. The number of rotatable bonds is 4. The number of hydrogen-bond acceptors (Lipinski definition) is 11. The van der Waals surface area contributed by atoms with Gasteiger partial charge >= 0.3 is 5.91 Å². The van der Waals surface area contributed by atoms with Gasteiger partial charge in [0, 0.05) is 28.8 Å². The number of nitrogen functional groups attached to an aromatic ring is 2. The number of aromatic nitrogens is 2. The minimum absolute atomic E-state index is 0. The molecule has 218 valence electrons. The van der Waals surface area contributed by atoms with Crippen molar-refractivity contribution in [2.24, 2.45) is 16.5 Å². The second kappa shape index (κ2) is 12.2. The van der Waals surface area contributed by atoms with E-state index in [1.807, 2.05) is 18.2 Å². The van der Waals surface area contributed by atoms with Crippen LogP contribution in [0.15, 0.2) is 35.3 Å². The summed E-state index contributed by atoms with van der Waals surface area (Å²) in [5.41, 5.74) is 22.6. The number of amides is 1. The number of methoxy groups -OCH3 is 3. The van der Waals surface area contributed by atoms with Gasteiger partial charge < -0.3 is 51.7 Å². The summed E-state index contributed by atoms with van der Waals surface area (Å²) >= 11 is 5.55. The van der Waals surface area contributed by atoms with Crippen LogP contribution in [-0.2, 0) is 0 Å². The van der Waals surface area contributed by atoms with Crippen LogP contribution in [0, 0.1) is 0 Å². The summed E-state index contributed by atoms with van der Waals surface area (Å²) in [7, 11) is 4.71. The summed E-state index contributed by atoms with van der Waals surface area (Å²) in [6.07, 6.45) is 1.89. The van der Waals surface area contributed by atoms with Gasteiger partial charge in [0.05, 0.1) is 21.3 Å². The Morgan fingerprint density at radius 3 is 2.34 bits per heavy atom. The van der Waals surface area contributed by atoms with Gasteiger partial charge in [-0.2, -0.15) is 4.99 Å². The molecule has 0 bridgehead atoms. The van der Waals surface area contributed by atoms with Gasteiger partial charge in [-0.1, -0.05) is 11.6 Å². The fourth-order valence-electron chi connectivity index (χ4n) is 3.88. The largest absolute Gasteiger partial charge is 0.497 e. The zero-order valence-corrected chi connectivity index (χ0v) is 23.6. The van der Waals surface area contributed by atoms with Gasteiger partial charge in [0.2, 0.25) is 0 Å². The zero-order chi connectivity index (χ0) is 29.2. The average Bonchev–Trinajstić information content (AvgIpc) is 2.92. The quantitative estimate of drug-likeness (QED) is 0.211. The number of carbonyl (C=O) groups is 1. The van der Waals surface area contributed by atoms with Gasteiger partial charge in [0.15, 0.2) is 46.5 Å². The monoisotopic (exact) mass is 607 g/mol. The average molecular weight is 608 g/mol. The van der Waals surface area contributed by atoms with Crippen molar-refractivity contribution >= 4 is 59.2 Å². The number of nitrogens with two attached hydrogens (primary N) is 4. The summed E-state index contributed by atoms with van der Waals surface area (Å²) < 4.78 is 27.5. The van der Waals surface area contributed by atoms with Crippen LogP contribution in [0.4, 0.5) is 11.6 Å². The maximum atomic E-state index is 11.3. The van der Waals surface area contributed by atoms with Crippen molar-refractivity contribution in [2.45, 2.75) is 5.79 Å². The molecule has 0 saturated carbocycles. The molecule has 0 saturated heterocycles. The molecule has 2 aromatic carbocycles. The highest BCUT2D eigenvalue weighted by atomic mass is 35.5. The van der Waals surface area contributed by atoms with Gasteiger partial charge in [-0.25, -0.2) is 9.97 Å². The van der Waals surface area contributed by atoms with Gasteiger partial charge in [0.1, 0.15) is 17.2 Å². The minimum Gasteiger partial charge on any atom is -0.497 e. The van der Waals surface area contributed by atoms with E-state index in [4.69, 9.17) is 58.2 Å². The Balaban J connectivity index is 0.000000250. The number of nitrogens with zero attached hydrogens (tertiary/aromatic N) is 3. The summed E-state index contributed by atoms with van der Waals surface area (Å²) in [6.45, 7) is -0.0298. The molecule has 5 rings (SSSR count). The zero-order valence-electron chi connectivity index (χ0n) is 22.0. The molecule has 16 heteroatoms. The van der Waals surface area contributed by atoms with E-state index in [0.717, 1.165) is 5.56 Å². The van der Waals surface area contributed by atoms with E-state index in [9.17, 15) is 9.90 Å². The van der Waals surface area contributed by atoms with Crippen molar-refractivity contribution < 1.29 is 33.6 Å². The maximum Gasteiger partial charge on any atom is 0.302 e. The predicted molar refractivity (Wildman–Crippen MR) is 155 cm³/mol. The molecule has 1 unspecified atom stereocenters. The molecule has 14 nitrogen and oxygen atoms in total. The molecular formula is C25H27Cl2N7O7. The van der Waals surface area contributed by atoms with Crippen LogP contribution in [0.5, 0.6) is 28.7 Å². The summed E-state index contributed by atoms with van der Waals surface area (Å²) in [6, 6.07) is 9.00. The number of aliphatic hydroxyl groups is 1. The molecule has 3 heterocycles. The highest BCUT2D eigenvalue weighted by molar-refractivity contribution is 6.31. The van der Waals surface area contributed by atoms with Crippen LogP contribution in [0.3, 0.4) is 0 Å². The number of aliphatic imine (C=N–C) groups is 1. The lowest BCUT2D eigenvalue weighted by molar-refractivity contribution is -0.116. The number of benzene rings is 2. The summed E-state index contributed by atoms with van der Waals surface area (Å²) in [4.78, 5) is 21.7. The van der Waals surface area contributed by atoms with E-state index < -0.39 is 17.7 Å². The number of hydrogen-bond donors (Lipinski definition) is 5. The van der Waals surface area contributed by atoms with Crippen LogP contribution in [-0.4, -0.2) is 60.7 Å². The first-order valence-corrected chi connectivity index (χ1v) is 11.8. The molecule has 9 N–H and O–H groups in total. The topological polar surface area (TPSA) is 226 Å². The van der Waals surface area contributed by atoms with E-state index in [0.29, 0.717) is 39.9 Å². The van der Waals surface area contributed by atoms with Crippen LogP contribution in [0.2, 0.25) is 5.15 Å². The Morgan fingerprint density at radius 2 is 1.71 bits per heavy atom. The smallest absolute Gasteiger partial charge is 0.302 e. The Bertz CT molecular complexity index is 1550. The van der Waals surface area contributed by atoms with Crippen molar-refractivity contribution in [1.82, 2.24) is 9.97 Å². The van der Waals surface area contributed by atoms with Crippen molar-refractivity contribution in [1.29, 1.82) is 0 Å². The molecule has 1 aromatic heterocycles. The SMILES string of the molecule is COc1ccc2c(c1)OC1(O)COc3cc(OC)c(OC)cc3C1=C2.Cl.NC(N)=NC(=O)c1nc(Cl)c(N)nc1N. The normalized spacial score (nSPS) is 15.8. The van der Waals surface area contributed by atoms with E-state index >= 15 is 0 Å². The third-order valence-electron chi connectivity index (χ3n) is 5.76. The van der Waals surface area contributed by atoms with E-state index in [2.05, 4.69) is 15.0 Å². The van der Waals surface area contributed by atoms with E-state index in [1.54, 1.807) is 39.5 Å². The minimum atomic E-state index is -1.58. The lowest BCUT2D eigenvalue weighted by atomic mass is 9.90. The molecule has 1 atom stereocenters.